The van der Waals surface area contributed by atoms with Gasteiger partial charge in [-0.25, -0.2) is 0 Å². The molecule has 0 fully saturated rings. The number of hydrogen-bond donors (Lipinski definition) is 2. The molecular formula is C13H19NO3. The third-order valence-electron chi connectivity index (χ3n) is 2.72. The number of aliphatic carboxylic acids is 1. The minimum absolute atomic E-state index is 0.370. The summed E-state index contributed by atoms with van der Waals surface area (Å²) in [6.07, 6.45) is 1.87. The molecule has 0 aliphatic rings. The van der Waals surface area contributed by atoms with E-state index in [9.17, 15) is 4.79 Å². The number of carboxylic acid groups (broad SMARTS) is 1. The molecule has 0 aromatic heterocycles. The van der Waals surface area contributed by atoms with Gasteiger partial charge >= 0.3 is 5.97 Å². The molecule has 0 bridgehead atoms. The first-order chi connectivity index (χ1) is 8.17. The largest absolute Gasteiger partial charge is 0.497 e. The van der Waals surface area contributed by atoms with Crippen LogP contribution in [0.2, 0.25) is 0 Å². The third kappa shape index (κ3) is 4.44. The highest BCUT2D eigenvalue weighted by Gasteiger charge is 2.17. The zero-order chi connectivity index (χ0) is 12.7. The molecule has 4 nitrogen and oxygen atoms in total. The molecule has 3 N–H and O–H groups in total. The average molecular weight is 237 g/mol. The second-order valence-electron chi connectivity index (χ2n) is 4.02. The normalized spacial score (nSPS) is 12.1. The van der Waals surface area contributed by atoms with Crippen molar-refractivity contribution < 1.29 is 14.6 Å². The van der Waals surface area contributed by atoms with Crippen LogP contribution in [-0.4, -0.2) is 24.7 Å². The minimum atomic E-state index is -0.763. The van der Waals surface area contributed by atoms with Crippen molar-refractivity contribution in [2.45, 2.75) is 19.3 Å². The quantitative estimate of drug-likeness (QED) is 0.756. The van der Waals surface area contributed by atoms with Crippen molar-refractivity contribution in [3.05, 3.63) is 29.8 Å². The Labute approximate surface area is 101 Å². The van der Waals surface area contributed by atoms with E-state index in [1.54, 1.807) is 7.11 Å². The van der Waals surface area contributed by atoms with Gasteiger partial charge in [-0.15, -0.1) is 0 Å². The molecule has 0 saturated heterocycles. The van der Waals surface area contributed by atoms with Gasteiger partial charge in [0.2, 0.25) is 0 Å². The van der Waals surface area contributed by atoms with Gasteiger partial charge in [0.1, 0.15) is 5.75 Å². The van der Waals surface area contributed by atoms with Crippen molar-refractivity contribution in [3.63, 3.8) is 0 Å². The Hall–Kier alpha value is -1.55. The monoisotopic (exact) mass is 237 g/mol. The van der Waals surface area contributed by atoms with E-state index < -0.39 is 5.97 Å². The van der Waals surface area contributed by atoms with Gasteiger partial charge in [-0.2, -0.15) is 0 Å². The van der Waals surface area contributed by atoms with Crippen molar-refractivity contribution >= 4 is 5.97 Å². The summed E-state index contributed by atoms with van der Waals surface area (Å²) in [6, 6.07) is 7.51. The fourth-order valence-corrected chi connectivity index (χ4v) is 1.76. The second kappa shape index (κ2) is 6.91. The summed E-state index contributed by atoms with van der Waals surface area (Å²) in [7, 11) is 1.60. The van der Waals surface area contributed by atoms with Gasteiger partial charge in [-0.05, 0) is 43.5 Å². The highest BCUT2D eigenvalue weighted by Crippen LogP contribution is 2.18. The fourth-order valence-electron chi connectivity index (χ4n) is 1.76. The molecule has 0 saturated carbocycles. The van der Waals surface area contributed by atoms with Crippen LogP contribution in [0.25, 0.3) is 0 Å². The highest BCUT2D eigenvalue weighted by molar-refractivity contribution is 5.70. The van der Waals surface area contributed by atoms with Crippen molar-refractivity contribution in [2.24, 2.45) is 11.7 Å². The van der Waals surface area contributed by atoms with Crippen molar-refractivity contribution in [3.8, 4) is 5.75 Å². The lowest BCUT2D eigenvalue weighted by Crippen LogP contribution is -2.18. The number of ether oxygens (including phenoxy) is 1. The summed E-state index contributed by atoms with van der Waals surface area (Å²) in [5.41, 5.74) is 6.38. The van der Waals surface area contributed by atoms with Crippen LogP contribution < -0.4 is 10.5 Å². The Morgan fingerprint density at radius 1 is 1.53 bits per heavy atom. The van der Waals surface area contributed by atoms with Gasteiger partial charge in [0.05, 0.1) is 13.0 Å². The molecular weight excluding hydrogens is 218 g/mol. The number of hydrogen-bond acceptors (Lipinski definition) is 3. The smallest absolute Gasteiger partial charge is 0.306 e. The number of benzene rings is 1. The van der Waals surface area contributed by atoms with Crippen LogP contribution >= 0.6 is 0 Å². The van der Waals surface area contributed by atoms with E-state index in [1.165, 1.54) is 0 Å². The van der Waals surface area contributed by atoms with Gasteiger partial charge in [0.15, 0.2) is 0 Å². The Balaban J connectivity index is 2.67. The van der Waals surface area contributed by atoms with Crippen LogP contribution in [0.15, 0.2) is 24.3 Å². The Morgan fingerprint density at radius 3 is 2.88 bits per heavy atom. The van der Waals surface area contributed by atoms with Crippen molar-refractivity contribution in [1.82, 2.24) is 0 Å². The molecule has 0 spiro atoms. The molecule has 1 aromatic carbocycles. The number of rotatable bonds is 7. The topological polar surface area (TPSA) is 72.5 Å². The molecule has 1 aromatic rings. The first-order valence-electron chi connectivity index (χ1n) is 5.73. The number of methoxy groups -OCH3 is 1. The summed E-state index contributed by atoms with van der Waals surface area (Å²) >= 11 is 0. The van der Waals surface area contributed by atoms with Crippen molar-refractivity contribution in [1.29, 1.82) is 0 Å². The lowest BCUT2D eigenvalue weighted by atomic mass is 9.95. The van der Waals surface area contributed by atoms with Crippen molar-refractivity contribution in [2.75, 3.05) is 13.7 Å². The maximum absolute atomic E-state index is 11.1. The number of nitrogens with two attached hydrogens (primary N) is 1. The molecule has 0 heterocycles. The van der Waals surface area contributed by atoms with Crippen LogP contribution in [0.4, 0.5) is 0 Å². The van der Waals surface area contributed by atoms with E-state index in [4.69, 9.17) is 15.6 Å². The average Bonchev–Trinajstić information content (AvgIpc) is 2.34. The molecule has 4 heteroatoms. The molecule has 0 radical (unpaired) electrons. The molecule has 1 unspecified atom stereocenters. The van der Waals surface area contributed by atoms with Crippen LogP contribution in [0.5, 0.6) is 5.75 Å². The summed E-state index contributed by atoms with van der Waals surface area (Å²) in [5.74, 6) is -0.377. The van der Waals surface area contributed by atoms with Crippen LogP contribution in [0.3, 0.4) is 0 Å². The van der Waals surface area contributed by atoms with Gasteiger partial charge in [-0.3, -0.25) is 4.79 Å². The van der Waals surface area contributed by atoms with E-state index in [0.717, 1.165) is 17.7 Å². The van der Waals surface area contributed by atoms with Gasteiger partial charge in [0.25, 0.3) is 0 Å². The van der Waals surface area contributed by atoms with E-state index in [-0.39, 0.29) is 5.92 Å². The predicted molar refractivity (Wildman–Crippen MR) is 66.1 cm³/mol. The predicted octanol–water partition coefficient (Wildman–Crippen LogP) is 1.68. The molecule has 94 valence electrons. The maximum atomic E-state index is 11.1. The van der Waals surface area contributed by atoms with E-state index in [2.05, 4.69) is 0 Å². The van der Waals surface area contributed by atoms with Crippen LogP contribution in [0, 0.1) is 5.92 Å². The number of carbonyl (C=O) groups is 1. The third-order valence-corrected chi connectivity index (χ3v) is 2.72. The van der Waals surface area contributed by atoms with Crippen LogP contribution in [0.1, 0.15) is 18.4 Å². The SMILES string of the molecule is COc1cccc(CC(CCCN)C(=O)O)c1. The molecule has 0 aliphatic carbocycles. The van der Waals surface area contributed by atoms with Gasteiger partial charge < -0.3 is 15.6 Å². The highest BCUT2D eigenvalue weighted by atomic mass is 16.5. The van der Waals surface area contributed by atoms with E-state index in [0.29, 0.717) is 19.4 Å². The molecule has 1 rings (SSSR count). The summed E-state index contributed by atoms with van der Waals surface area (Å²) < 4.78 is 5.11. The molecule has 17 heavy (non-hydrogen) atoms. The lowest BCUT2D eigenvalue weighted by molar-refractivity contribution is -0.141. The first kappa shape index (κ1) is 13.5. The standard InChI is InChI=1S/C13H19NO3/c1-17-12-6-2-4-10(9-12)8-11(13(15)16)5-3-7-14/h2,4,6,9,11H,3,5,7-8,14H2,1H3,(H,15,16). The molecule has 1 atom stereocenters. The molecule has 0 aliphatic heterocycles. The zero-order valence-electron chi connectivity index (χ0n) is 10.1. The Bertz CT molecular complexity index is 365. The van der Waals surface area contributed by atoms with Crippen LogP contribution in [-0.2, 0) is 11.2 Å². The Morgan fingerprint density at radius 2 is 2.29 bits per heavy atom. The Kier molecular flexibility index (Phi) is 5.49. The van der Waals surface area contributed by atoms with Gasteiger partial charge in [-0.1, -0.05) is 12.1 Å². The lowest BCUT2D eigenvalue weighted by Gasteiger charge is -2.12. The zero-order valence-corrected chi connectivity index (χ0v) is 10.1. The maximum Gasteiger partial charge on any atom is 0.306 e. The summed E-state index contributed by atoms with van der Waals surface area (Å²) in [5, 5.41) is 9.12. The first-order valence-corrected chi connectivity index (χ1v) is 5.73. The summed E-state index contributed by atoms with van der Waals surface area (Å²) in [4.78, 5) is 11.1. The van der Waals surface area contributed by atoms with E-state index in [1.807, 2.05) is 24.3 Å². The molecule has 0 amide bonds. The van der Waals surface area contributed by atoms with Gasteiger partial charge in [0, 0.05) is 0 Å². The van der Waals surface area contributed by atoms with E-state index >= 15 is 0 Å². The summed E-state index contributed by atoms with van der Waals surface area (Å²) in [6.45, 7) is 0.530. The second-order valence-corrected chi connectivity index (χ2v) is 4.02. The fraction of sp³-hybridized carbons (Fsp3) is 0.462. The number of carboxylic acids is 1. The minimum Gasteiger partial charge on any atom is -0.497 e.